The molecule has 0 saturated carbocycles. The normalized spacial score (nSPS) is 10.9. The molecule has 0 aromatic heterocycles. The summed E-state index contributed by atoms with van der Waals surface area (Å²) in [5.74, 6) is 0.193. The van der Waals surface area contributed by atoms with E-state index in [9.17, 15) is 10.1 Å². The zero-order chi connectivity index (χ0) is 21.5. The van der Waals surface area contributed by atoms with Gasteiger partial charge in [0.2, 0.25) is 0 Å². The third-order valence-corrected chi connectivity index (χ3v) is 5.51. The van der Waals surface area contributed by atoms with Crippen molar-refractivity contribution in [3.8, 4) is 11.8 Å². The van der Waals surface area contributed by atoms with Gasteiger partial charge in [0.25, 0.3) is 5.91 Å². The van der Waals surface area contributed by atoms with Crippen LogP contribution in [0.3, 0.4) is 0 Å². The molecule has 1 N–H and O–H groups in total. The molecule has 7 heteroatoms. The van der Waals surface area contributed by atoms with Crippen LogP contribution in [0.5, 0.6) is 5.75 Å². The Morgan fingerprint density at radius 3 is 2.37 bits per heavy atom. The van der Waals surface area contributed by atoms with E-state index in [1.807, 2.05) is 24.3 Å². The van der Waals surface area contributed by atoms with Crippen LogP contribution in [0.2, 0.25) is 10.0 Å². The van der Waals surface area contributed by atoms with Crippen molar-refractivity contribution >= 4 is 63.5 Å². The lowest BCUT2D eigenvalue weighted by Gasteiger charge is -2.08. The molecule has 0 unspecified atom stereocenters. The van der Waals surface area contributed by atoms with Gasteiger partial charge in [-0.25, -0.2) is 0 Å². The standard InChI is InChI=1S/C23H15Cl2IN2O2/c24-21-10-3-16(12-22(21)25)14-30-20-8-1-15(2-9-20)11-17(13-27)23(29)28-19-6-4-18(26)5-7-19/h1-12H,14H2,(H,28,29)/b17-11+. The van der Waals surface area contributed by atoms with Crippen molar-refractivity contribution < 1.29 is 9.53 Å². The van der Waals surface area contributed by atoms with Gasteiger partial charge < -0.3 is 10.1 Å². The zero-order valence-electron chi connectivity index (χ0n) is 15.5. The first kappa shape index (κ1) is 22.2. The molecule has 0 aliphatic heterocycles. The highest BCUT2D eigenvalue weighted by molar-refractivity contribution is 14.1. The average Bonchev–Trinajstić information content (AvgIpc) is 2.75. The van der Waals surface area contributed by atoms with Crippen molar-refractivity contribution in [1.29, 1.82) is 5.26 Å². The molecule has 4 nitrogen and oxygen atoms in total. The molecule has 0 fully saturated rings. The number of carbonyl (C=O) groups excluding carboxylic acids is 1. The van der Waals surface area contributed by atoms with E-state index in [1.165, 1.54) is 6.08 Å². The number of nitrogens with zero attached hydrogens (tertiary/aromatic N) is 1. The van der Waals surface area contributed by atoms with Crippen molar-refractivity contribution in [2.75, 3.05) is 5.32 Å². The van der Waals surface area contributed by atoms with Crippen molar-refractivity contribution in [1.82, 2.24) is 0 Å². The van der Waals surface area contributed by atoms with Crippen LogP contribution in [0.1, 0.15) is 11.1 Å². The summed E-state index contributed by atoms with van der Waals surface area (Å²) in [6, 6.07) is 21.7. The molecular weight excluding hydrogens is 534 g/mol. The van der Waals surface area contributed by atoms with Crippen LogP contribution < -0.4 is 10.1 Å². The monoisotopic (exact) mass is 548 g/mol. The highest BCUT2D eigenvalue weighted by atomic mass is 127. The number of halogens is 3. The van der Waals surface area contributed by atoms with Crippen molar-refractivity contribution in [2.24, 2.45) is 0 Å². The minimum absolute atomic E-state index is 0.0121. The summed E-state index contributed by atoms with van der Waals surface area (Å²) >= 11 is 14.1. The first-order valence-corrected chi connectivity index (χ1v) is 10.6. The Kier molecular flexibility index (Phi) is 7.75. The van der Waals surface area contributed by atoms with E-state index in [2.05, 4.69) is 27.9 Å². The van der Waals surface area contributed by atoms with Gasteiger partial charge in [-0.2, -0.15) is 5.26 Å². The fourth-order valence-corrected chi connectivity index (χ4v) is 3.18. The second kappa shape index (κ2) is 10.5. The quantitative estimate of drug-likeness (QED) is 0.211. The van der Waals surface area contributed by atoms with Crippen LogP contribution in [0, 0.1) is 14.9 Å². The molecule has 0 radical (unpaired) electrons. The predicted octanol–water partition coefficient (Wildman–Crippen LogP) is 6.72. The molecule has 0 aliphatic carbocycles. The van der Waals surface area contributed by atoms with Crippen LogP contribution in [0.15, 0.2) is 72.3 Å². The van der Waals surface area contributed by atoms with Gasteiger partial charge in [-0.3, -0.25) is 4.79 Å². The van der Waals surface area contributed by atoms with Crippen molar-refractivity contribution in [2.45, 2.75) is 6.61 Å². The highest BCUT2D eigenvalue weighted by Gasteiger charge is 2.09. The second-order valence-corrected chi connectivity index (χ2v) is 8.30. The van der Waals surface area contributed by atoms with E-state index in [1.54, 1.807) is 48.5 Å². The van der Waals surface area contributed by atoms with Gasteiger partial charge in [0.15, 0.2) is 0 Å². The van der Waals surface area contributed by atoms with Gasteiger partial charge in [-0.1, -0.05) is 41.4 Å². The fraction of sp³-hybridized carbons (Fsp3) is 0.0435. The largest absolute Gasteiger partial charge is 0.489 e. The number of rotatable bonds is 6. The second-order valence-electron chi connectivity index (χ2n) is 6.24. The number of nitriles is 1. The topological polar surface area (TPSA) is 62.1 Å². The zero-order valence-corrected chi connectivity index (χ0v) is 19.2. The Bertz CT molecular complexity index is 1120. The minimum atomic E-state index is -0.460. The number of nitrogens with one attached hydrogen (secondary N) is 1. The van der Waals surface area contributed by atoms with Crippen LogP contribution in [0.25, 0.3) is 6.08 Å². The first-order chi connectivity index (χ1) is 14.4. The summed E-state index contributed by atoms with van der Waals surface area (Å²) < 4.78 is 6.80. The molecule has 3 aromatic carbocycles. The van der Waals surface area contributed by atoms with E-state index in [0.717, 1.165) is 9.13 Å². The van der Waals surface area contributed by atoms with Gasteiger partial charge in [0, 0.05) is 9.26 Å². The Hall–Kier alpha value is -2.53. The molecular formula is C23H15Cl2IN2O2. The molecule has 1 amide bonds. The van der Waals surface area contributed by atoms with Crippen molar-refractivity contribution in [3.05, 3.63) is 97.0 Å². The van der Waals surface area contributed by atoms with Crippen LogP contribution in [0.4, 0.5) is 5.69 Å². The van der Waals surface area contributed by atoms with E-state index >= 15 is 0 Å². The molecule has 150 valence electrons. The molecule has 3 rings (SSSR count). The average molecular weight is 549 g/mol. The number of ether oxygens (including phenoxy) is 1. The van der Waals surface area contributed by atoms with Gasteiger partial charge >= 0.3 is 0 Å². The molecule has 30 heavy (non-hydrogen) atoms. The molecule has 0 aliphatic rings. The number of carbonyl (C=O) groups is 1. The van der Waals surface area contributed by atoms with Gasteiger partial charge in [0.1, 0.15) is 24.0 Å². The van der Waals surface area contributed by atoms with Gasteiger partial charge in [-0.05, 0) is 88.3 Å². The number of anilines is 1. The third kappa shape index (κ3) is 6.23. The lowest BCUT2D eigenvalue weighted by atomic mass is 10.1. The highest BCUT2D eigenvalue weighted by Crippen LogP contribution is 2.24. The molecule has 0 bridgehead atoms. The summed E-state index contributed by atoms with van der Waals surface area (Å²) in [6.45, 7) is 0.341. The number of hydrogen-bond donors (Lipinski definition) is 1. The van der Waals surface area contributed by atoms with Crippen LogP contribution in [-0.2, 0) is 11.4 Å². The van der Waals surface area contributed by atoms with Gasteiger partial charge in [-0.15, -0.1) is 0 Å². The summed E-state index contributed by atoms with van der Waals surface area (Å²) in [5, 5.41) is 13.1. The van der Waals surface area contributed by atoms with E-state index < -0.39 is 5.91 Å². The van der Waals surface area contributed by atoms with Crippen LogP contribution >= 0.6 is 45.8 Å². The maximum absolute atomic E-state index is 12.4. The Balaban J connectivity index is 1.64. The van der Waals surface area contributed by atoms with E-state index in [0.29, 0.717) is 33.7 Å². The third-order valence-electron chi connectivity index (χ3n) is 4.05. The fourth-order valence-electron chi connectivity index (χ4n) is 2.50. The molecule has 0 saturated heterocycles. The summed E-state index contributed by atoms with van der Waals surface area (Å²) in [5.41, 5.74) is 2.25. The molecule has 0 atom stereocenters. The Labute approximate surface area is 198 Å². The van der Waals surface area contributed by atoms with Crippen LogP contribution in [-0.4, -0.2) is 5.91 Å². The minimum Gasteiger partial charge on any atom is -0.489 e. The maximum Gasteiger partial charge on any atom is 0.266 e. The molecule has 3 aromatic rings. The van der Waals surface area contributed by atoms with E-state index in [-0.39, 0.29) is 5.57 Å². The number of benzene rings is 3. The summed E-state index contributed by atoms with van der Waals surface area (Å²) in [7, 11) is 0. The van der Waals surface area contributed by atoms with Crippen molar-refractivity contribution in [3.63, 3.8) is 0 Å². The number of amides is 1. The predicted molar refractivity (Wildman–Crippen MR) is 129 cm³/mol. The SMILES string of the molecule is N#C/C(=C\c1ccc(OCc2ccc(Cl)c(Cl)c2)cc1)C(=O)Nc1ccc(I)cc1. The summed E-state index contributed by atoms with van der Waals surface area (Å²) in [6.07, 6.45) is 1.53. The lowest BCUT2D eigenvalue weighted by Crippen LogP contribution is -2.13. The first-order valence-electron chi connectivity index (χ1n) is 8.80. The molecule has 0 heterocycles. The Morgan fingerprint density at radius 2 is 1.73 bits per heavy atom. The summed E-state index contributed by atoms with van der Waals surface area (Å²) in [4.78, 5) is 12.4. The number of hydrogen-bond acceptors (Lipinski definition) is 3. The smallest absolute Gasteiger partial charge is 0.266 e. The molecule has 0 spiro atoms. The lowest BCUT2D eigenvalue weighted by molar-refractivity contribution is -0.112. The maximum atomic E-state index is 12.4. The van der Waals surface area contributed by atoms with E-state index in [4.69, 9.17) is 27.9 Å². The van der Waals surface area contributed by atoms with Gasteiger partial charge in [0.05, 0.1) is 10.0 Å². The Morgan fingerprint density at radius 1 is 1.03 bits per heavy atom.